The van der Waals surface area contributed by atoms with E-state index >= 15 is 0 Å². The summed E-state index contributed by atoms with van der Waals surface area (Å²) in [6.45, 7) is 3.91. The number of hydrogen-bond donors (Lipinski definition) is 1. The third-order valence-corrected chi connectivity index (χ3v) is 6.56. The number of nitrogens with zero attached hydrogens (tertiary/aromatic N) is 2. The van der Waals surface area contributed by atoms with Crippen molar-refractivity contribution in [1.29, 1.82) is 0 Å². The maximum absolute atomic E-state index is 13.4. The van der Waals surface area contributed by atoms with E-state index in [-0.39, 0.29) is 29.9 Å². The van der Waals surface area contributed by atoms with E-state index in [1.165, 1.54) is 5.56 Å². The number of para-hydroxylation sites is 2. The van der Waals surface area contributed by atoms with Crippen molar-refractivity contribution >= 4 is 28.7 Å². The van der Waals surface area contributed by atoms with Crippen molar-refractivity contribution in [3.63, 3.8) is 0 Å². The van der Waals surface area contributed by atoms with Gasteiger partial charge >= 0.3 is 0 Å². The molecule has 3 aromatic rings. The number of carbonyl (C=O) groups excluding carboxylic acids is 3. The first-order chi connectivity index (χ1) is 17.5. The monoisotopic (exact) mass is 491 g/mol. The zero-order valence-corrected chi connectivity index (χ0v) is 20.7. The molecule has 1 aliphatic rings. The SMILES string of the molecule is CCC(NC(=O)C(CCCc1ccccc1)CC(=O)N1CCOCC1)C(=O)c1nc2ccccc2o1. The number of ketones is 1. The number of hydrogen-bond acceptors (Lipinski definition) is 6. The Morgan fingerprint density at radius 3 is 2.47 bits per heavy atom. The lowest BCUT2D eigenvalue weighted by atomic mass is 9.94. The van der Waals surface area contributed by atoms with Gasteiger partial charge < -0.3 is 19.4 Å². The summed E-state index contributed by atoms with van der Waals surface area (Å²) in [5.74, 6) is -1.27. The highest BCUT2D eigenvalue weighted by Gasteiger charge is 2.30. The smallest absolute Gasteiger partial charge is 0.266 e. The number of Topliss-reactive ketones (excluding diaryl/α,β-unsaturated/α-hetero) is 1. The maximum atomic E-state index is 13.4. The lowest BCUT2D eigenvalue weighted by Crippen LogP contribution is -2.46. The highest BCUT2D eigenvalue weighted by Crippen LogP contribution is 2.20. The fourth-order valence-corrected chi connectivity index (χ4v) is 4.44. The molecular weight excluding hydrogens is 458 g/mol. The summed E-state index contributed by atoms with van der Waals surface area (Å²) >= 11 is 0. The van der Waals surface area contributed by atoms with E-state index in [1.54, 1.807) is 17.0 Å². The van der Waals surface area contributed by atoms with Crippen LogP contribution in [-0.2, 0) is 20.7 Å². The second-order valence-electron chi connectivity index (χ2n) is 9.09. The molecule has 0 aliphatic carbocycles. The molecule has 0 radical (unpaired) electrons. The Morgan fingerprint density at radius 1 is 1.03 bits per heavy atom. The largest absolute Gasteiger partial charge is 0.434 e. The summed E-state index contributed by atoms with van der Waals surface area (Å²) in [6.07, 6.45) is 2.61. The van der Waals surface area contributed by atoms with E-state index in [9.17, 15) is 14.4 Å². The van der Waals surface area contributed by atoms with E-state index in [0.29, 0.717) is 50.2 Å². The van der Waals surface area contributed by atoms with Crippen LogP contribution >= 0.6 is 0 Å². The molecule has 1 fully saturated rings. The first kappa shape index (κ1) is 25.6. The van der Waals surface area contributed by atoms with Gasteiger partial charge in [-0.2, -0.15) is 0 Å². The number of benzene rings is 2. The zero-order valence-electron chi connectivity index (χ0n) is 20.7. The lowest BCUT2D eigenvalue weighted by Gasteiger charge is -2.28. The van der Waals surface area contributed by atoms with Gasteiger partial charge in [-0.1, -0.05) is 49.4 Å². The van der Waals surface area contributed by atoms with Crippen LogP contribution in [0.25, 0.3) is 11.1 Å². The number of aryl methyl sites for hydroxylation is 1. The van der Waals surface area contributed by atoms with Crippen LogP contribution in [0, 0.1) is 5.92 Å². The number of fused-ring (bicyclic) bond motifs is 1. The molecule has 0 spiro atoms. The van der Waals surface area contributed by atoms with Crippen molar-refractivity contribution in [2.45, 2.75) is 45.1 Å². The van der Waals surface area contributed by atoms with Gasteiger partial charge in [-0.05, 0) is 43.4 Å². The number of morpholine rings is 1. The first-order valence-electron chi connectivity index (χ1n) is 12.6. The minimum absolute atomic E-state index is 0.0200. The molecule has 2 unspecified atom stereocenters. The van der Waals surface area contributed by atoms with Crippen molar-refractivity contribution in [3.8, 4) is 0 Å². The fraction of sp³-hybridized carbons (Fsp3) is 0.429. The molecule has 2 amide bonds. The molecule has 1 N–H and O–H groups in total. The molecule has 8 heteroatoms. The minimum Gasteiger partial charge on any atom is -0.434 e. The van der Waals surface area contributed by atoms with Crippen LogP contribution in [0.4, 0.5) is 0 Å². The molecule has 36 heavy (non-hydrogen) atoms. The first-order valence-corrected chi connectivity index (χ1v) is 12.6. The van der Waals surface area contributed by atoms with Gasteiger partial charge in [0.25, 0.3) is 5.89 Å². The summed E-state index contributed by atoms with van der Waals surface area (Å²) in [5.41, 5.74) is 2.31. The lowest BCUT2D eigenvalue weighted by molar-refractivity contribution is -0.139. The van der Waals surface area contributed by atoms with E-state index in [2.05, 4.69) is 22.4 Å². The summed E-state index contributed by atoms with van der Waals surface area (Å²) in [6, 6.07) is 16.4. The topological polar surface area (TPSA) is 102 Å². The predicted molar refractivity (Wildman–Crippen MR) is 135 cm³/mol. The molecule has 4 rings (SSSR count). The highest BCUT2D eigenvalue weighted by atomic mass is 16.5. The molecule has 0 bridgehead atoms. The van der Waals surface area contributed by atoms with E-state index in [1.807, 2.05) is 37.3 Å². The Hall–Kier alpha value is -3.52. The molecule has 2 heterocycles. The second kappa shape index (κ2) is 12.4. The summed E-state index contributed by atoms with van der Waals surface area (Å²) < 4.78 is 11.0. The summed E-state index contributed by atoms with van der Waals surface area (Å²) in [5, 5.41) is 2.88. The van der Waals surface area contributed by atoms with Gasteiger partial charge in [0.05, 0.1) is 19.3 Å². The average Bonchev–Trinajstić information content (AvgIpc) is 3.36. The number of oxazole rings is 1. The number of ether oxygens (including phenoxy) is 1. The Labute approximate surface area is 211 Å². The number of nitrogens with one attached hydrogen (secondary N) is 1. The van der Waals surface area contributed by atoms with Gasteiger partial charge in [0.15, 0.2) is 5.58 Å². The molecule has 1 saturated heterocycles. The van der Waals surface area contributed by atoms with Crippen molar-refractivity contribution in [2.75, 3.05) is 26.3 Å². The normalized spacial score (nSPS) is 15.4. The van der Waals surface area contributed by atoms with Crippen LogP contribution in [0.1, 0.15) is 48.9 Å². The Morgan fingerprint density at radius 2 is 1.75 bits per heavy atom. The number of aromatic nitrogens is 1. The van der Waals surface area contributed by atoms with Crippen molar-refractivity contribution in [2.24, 2.45) is 5.92 Å². The van der Waals surface area contributed by atoms with Crippen molar-refractivity contribution in [3.05, 3.63) is 66.1 Å². The van der Waals surface area contributed by atoms with E-state index in [0.717, 1.165) is 12.8 Å². The average molecular weight is 492 g/mol. The molecule has 1 aliphatic heterocycles. The quantitative estimate of drug-likeness (QED) is 0.410. The van der Waals surface area contributed by atoms with Crippen LogP contribution in [0.15, 0.2) is 59.0 Å². The van der Waals surface area contributed by atoms with Gasteiger partial charge in [-0.15, -0.1) is 0 Å². The summed E-state index contributed by atoms with van der Waals surface area (Å²) in [4.78, 5) is 45.5. The van der Waals surface area contributed by atoms with E-state index < -0.39 is 12.0 Å². The number of carbonyl (C=O) groups is 3. The molecular formula is C28H33N3O5. The van der Waals surface area contributed by atoms with Crippen LogP contribution in [0.2, 0.25) is 0 Å². The van der Waals surface area contributed by atoms with Crippen molar-refractivity contribution < 1.29 is 23.5 Å². The van der Waals surface area contributed by atoms with E-state index in [4.69, 9.17) is 9.15 Å². The Bertz CT molecular complexity index is 1140. The summed E-state index contributed by atoms with van der Waals surface area (Å²) in [7, 11) is 0. The number of rotatable bonds is 11. The second-order valence-corrected chi connectivity index (χ2v) is 9.09. The predicted octanol–water partition coefficient (Wildman–Crippen LogP) is 3.79. The molecule has 0 saturated carbocycles. The van der Waals surface area contributed by atoms with Gasteiger partial charge in [-0.25, -0.2) is 4.98 Å². The minimum atomic E-state index is -0.777. The fourth-order valence-electron chi connectivity index (χ4n) is 4.44. The van der Waals surface area contributed by atoms with Gasteiger partial charge in [0.1, 0.15) is 5.52 Å². The highest BCUT2D eigenvalue weighted by molar-refractivity contribution is 6.00. The Balaban J connectivity index is 1.43. The standard InChI is InChI=1S/C28H33N3O5/c1-2-22(26(33)28-30-23-13-6-7-14-24(23)36-28)29-27(34)21(12-8-11-20-9-4-3-5-10-20)19-25(32)31-15-17-35-18-16-31/h3-7,9-10,13-14,21-22H,2,8,11-12,15-19H2,1H3,(H,29,34). The van der Waals surface area contributed by atoms with Crippen LogP contribution < -0.4 is 5.32 Å². The molecule has 1 aromatic heterocycles. The van der Waals surface area contributed by atoms with Gasteiger partial charge in [0.2, 0.25) is 17.6 Å². The van der Waals surface area contributed by atoms with Crippen molar-refractivity contribution in [1.82, 2.24) is 15.2 Å². The van der Waals surface area contributed by atoms with Crippen LogP contribution in [0.3, 0.4) is 0 Å². The maximum Gasteiger partial charge on any atom is 0.266 e. The third kappa shape index (κ3) is 6.57. The third-order valence-electron chi connectivity index (χ3n) is 6.56. The molecule has 2 aromatic carbocycles. The molecule has 190 valence electrons. The van der Waals surface area contributed by atoms with Gasteiger partial charge in [-0.3, -0.25) is 14.4 Å². The number of amides is 2. The van der Waals surface area contributed by atoms with Crippen LogP contribution in [0.5, 0.6) is 0 Å². The molecule has 2 atom stereocenters. The zero-order chi connectivity index (χ0) is 25.3. The van der Waals surface area contributed by atoms with Crippen LogP contribution in [-0.4, -0.2) is 59.8 Å². The van der Waals surface area contributed by atoms with Gasteiger partial charge in [0, 0.05) is 25.4 Å². The Kier molecular flexibility index (Phi) is 8.84. The molecule has 8 nitrogen and oxygen atoms in total.